The molecule has 5 aromatic rings. The largest absolute Gasteiger partial charge is 0.496 e. The van der Waals surface area contributed by atoms with Crippen molar-refractivity contribution in [2.24, 2.45) is 4.99 Å². The predicted octanol–water partition coefficient (Wildman–Crippen LogP) is 7.50. The Kier molecular flexibility index (Phi) is 7.32. The van der Waals surface area contributed by atoms with Crippen LogP contribution in [0.2, 0.25) is 0 Å². The molecule has 0 unspecified atom stereocenters. The fourth-order valence-electron chi connectivity index (χ4n) is 6.07. The lowest BCUT2D eigenvalue weighted by Crippen LogP contribution is -2.48. The summed E-state index contributed by atoms with van der Waals surface area (Å²) >= 11 is 3.62. The van der Waals surface area contributed by atoms with E-state index in [-0.39, 0.29) is 21.5 Å². The number of amidine groups is 1. The molecule has 0 aliphatic carbocycles. The third-order valence-electron chi connectivity index (χ3n) is 8.40. The van der Waals surface area contributed by atoms with E-state index in [1.54, 1.807) is 48.2 Å². The van der Waals surface area contributed by atoms with Gasteiger partial charge in [-0.25, -0.2) is 18.1 Å². The van der Waals surface area contributed by atoms with Crippen molar-refractivity contribution in [2.75, 3.05) is 17.3 Å². The maximum absolute atomic E-state index is 13.6. The number of halogens is 1. The number of carbonyl (C=O) groups excluding carboxylic acids is 1. The van der Waals surface area contributed by atoms with E-state index in [2.05, 4.69) is 35.1 Å². The number of rotatable bonds is 6. The van der Waals surface area contributed by atoms with Crippen LogP contribution in [0.25, 0.3) is 5.69 Å². The maximum Gasteiger partial charge on any atom is 0.291 e. The molecule has 2 aliphatic heterocycles. The van der Waals surface area contributed by atoms with Crippen molar-refractivity contribution in [1.82, 2.24) is 9.78 Å². The number of nitrogens with one attached hydrogen (secondary N) is 1. The summed E-state index contributed by atoms with van der Waals surface area (Å²) < 4.78 is 35.3. The molecule has 2 aliphatic rings. The number of anilines is 2. The van der Waals surface area contributed by atoms with Crippen molar-refractivity contribution in [1.29, 1.82) is 0 Å². The number of hydrogen-bond donors (Lipinski definition) is 1. The van der Waals surface area contributed by atoms with Crippen LogP contribution in [0.5, 0.6) is 5.75 Å². The van der Waals surface area contributed by atoms with Gasteiger partial charge in [0.1, 0.15) is 5.75 Å². The molecule has 11 heteroatoms. The number of ether oxygens (including phenoxy) is 1. The Morgan fingerprint density at radius 1 is 0.935 bits per heavy atom. The summed E-state index contributed by atoms with van der Waals surface area (Å²) in [5.74, 6) is 1.29. The van der Waals surface area contributed by atoms with Gasteiger partial charge in [0.2, 0.25) is 15.7 Å². The summed E-state index contributed by atoms with van der Waals surface area (Å²) in [4.78, 5) is 20.8. The zero-order valence-corrected chi connectivity index (χ0v) is 27.9. The highest BCUT2D eigenvalue weighted by atomic mass is 79.9. The van der Waals surface area contributed by atoms with Crippen LogP contribution < -0.4 is 15.0 Å². The number of benzene rings is 4. The number of sulfone groups is 1. The van der Waals surface area contributed by atoms with E-state index in [1.165, 1.54) is 0 Å². The fourth-order valence-corrected chi connectivity index (χ4v) is 7.71. The zero-order chi connectivity index (χ0) is 32.3. The number of fused-ring (bicyclic) bond motifs is 4. The van der Waals surface area contributed by atoms with E-state index in [1.807, 2.05) is 66.4 Å². The van der Waals surface area contributed by atoms with Crippen LogP contribution in [0.4, 0.5) is 17.2 Å². The average Bonchev–Trinajstić information content (AvgIpc) is 3.39. The van der Waals surface area contributed by atoms with Crippen molar-refractivity contribution in [3.05, 3.63) is 118 Å². The molecule has 4 aromatic carbocycles. The van der Waals surface area contributed by atoms with Crippen LogP contribution in [-0.2, 0) is 14.6 Å². The Hall–Kier alpha value is -4.74. The van der Waals surface area contributed by atoms with E-state index in [0.717, 1.165) is 26.9 Å². The van der Waals surface area contributed by atoms with Gasteiger partial charge in [-0.15, -0.1) is 0 Å². The van der Waals surface area contributed by atoms with Gasteiger partial charge in [0, 0.05) is 15.6 Å². The molecule has 0 saturated heterocycles. The third kappa shape index (κ3) is 4.81. The summed E-state index contributed by atoms with van der Waals surface area (Å²) in [6.45, 7) is 6.04. The number of carbonyl (C=O) groups is 1. The van der Waals surface area contributed by atoms with E-state index in [0.29, 0.717) is 34.6 Å². The highest BCUT2D eigenvalue weighted by Crippen LogP contribution is 2.49. The van der Waals surface area contributed by atoms with Gasteiger partial charge in [0.05, 0.1) is 45.7 Å². The van der Waals surface area contributed by atoms with Crippen molar-refractivity contribution < 1.29 is 17.9 Å². The molecule has 1 N–H and O–H groups in total. The molecule has 0 spiro atoms. The smallest absolute Gasteiger partial charge is 0.291 e. The number of methoxy groups -OCH3 is 1. The second-order valence-corrected chi connectivity index (χ2v) is 14.4. The minimum absolute atomic E-state index is 0.170. The standard InChI is InChI=1S/C35H30BrN5O4S/c1-20(2)22-9-14-25(15-10-22)46(43,44)26-16-12-24(13-17-26)41-33-31(21(3)39-41)32(27-19-23(36)11-18-30(27)45-4)40-29-8-6-5-7-28(29)37-35(42)34(40)38-33/h5-20,32H,1-4H3,(H,37,42)/t32-/m0/s1. The third-order valence-corrected chi connectivity index (χ3v) is 10.7. The molecule has 1 amide bonds. The molecule has 1 atom stereocenters. The molecule has 46 heavy (non-hydrogen) atoms. The predicted molar refractivity (Wildman–Crippen MR) is 181 cm³/mol. The molecule has 0 bridgehead atoms. The zero-order valence-electron chi connectivity index (χ0n) is 25.5. The summed E-state index contributed by atoms with van der Waals surface area (Å²) in [7, 11) is -2.12. The van der Waals surface area contributed by atoms with Crippen LogP contribution in [0.15, 0.2) is 110 Å². The Labute approximate surface area is 275 Å². The Morgan fingerprint density at radius 2 is 1.61 bits per heavy atom. The first-order valence-electron chi connectivity index (χ1n) is 14.7. The van der Waals surface area contributed by atoms with Gasteiger partial charge in [-0.05, 0) is 85.1 Å². The first-order valence-corrected chi connectivity index (χ1v) is 17.0. The molecule has 0 fully saturated rings. The number of hydrogen-bond acceptors (Lipinski definition) is 7. The molecular weight excluding hydrogens is 666 g/mol. The number of para-hydroxylation sites is 2. The van der Waals surface area contributed by atoms with E-state index >= 15 is 0 Å². The maximum atomic E-state index is 13.6. The van der Waals surface area contributed by atoms with Crippen molar-refractivity contribution in [3.63, 3.8) is 0 Å². The number of amides is 1. The molecule has 7 rings (SSSR count). The van der Waals surface area contributed by atoms with Crippen LogP contribution in [0.3, 0.4) is 0 Å². The average molecular weight is 697 g/mol. The molecule has 0 radical (unpaired) electrons. The topological polar surface area (TPSA) is 106 Å². The highest BCUT2D eigenvalue weighted by molar-refractivity contribution is 9.10. The van der Waals surface area contributed by atoms with Crippen LogP contribution in [0.1, 0.15) is 48.2 Å². The molecule has 3 heterocycles. The van der Waals surface area contributed by atoms with Gasteiger partial charge in [-0.1, -0.05) is 54.0 Å². The van der Waals surface area contributed by atoms with Gasteiger partial charge in [-0.3, -0.25) is 4.79 Å². The van der Waals surface area contributed by atoms with Gasteiger partial charge < -0.3 is 15.0 Å². The number of aromatic nitrogens is 2. The van der Waals surface area contributed by atoms with Crippen LogP contribution in [0, 0.1) is 6.92 Å². The Bertz CT molecular complexity index is 2160. The lowest BCUT2D eigenvalue weighted by Gasteiger charge is -2.40. The highest BCUT2D eigenvalue weighted by Gasteiger charge is 2.43. The van der Waals surface area contributed by atoms with Gasteiger partial charge in [0.15, 0.2) is 5.82 Å². The van der Waals surface area contributed by atoms with Gasteiger partial charge >= 0.3 is 0 Å². The molecule has 232 valence electrons. The van der Waals surface area contributed by atoms with Crippen molar-refractivity contribution >= 4 is 54.7 Å². The lowest BCUT2D eigenvalue weighted by molar-refractivity contribution is -0.110. The minimum atomic E-state index is -3.74. The van der Waals surface area contributed by atoms with E-state index < -0.39 is 15.9 Å². The molecule has 0 saturated carbocycles. The second-order valence-electron chi connectivity index (χ2n) is 11.5. The quantitative estimate of drug-likeness (QED) is 0.197. The van der Waals surface area contributed by atoms with Crippen LogP contribution >= 0.6 is 15.9 Å². The number of aryl methyl sites for hydroxylation is 1. The SMILES string of the molecule is COc1ccc(Br)cc1[C@H]1c2c(C)nn(-c3ccc(S(=O)(=O)c4ccc(C(C)C)cc4)cc3)c2N=C2C(=O)Nc3ccccc3N21. The molecule has 9 nitrogen and oxygen atoms in total. The number of aliphatic imine (C=N–C) groups is 1. The number of nitrogens with zero attached hydrogens (tertiary/aromatic N) is 4. The minimum Gasteiger partial charge on any atom is -0.496 e. The summed E-state index contributed by atoms with van der Waals surface area (Å²) in [6.07, 6.45) is 0. The monoisotopic (exact) mass is 695 g/mol. The summed E-state index contributed by atoms with van der Waals surface area (Å²) in [5.41, 5.74) is 5.47. The first-order chi connectivity index (χ1) is 22.1. The van der Waals surface area contributed by atoms with E-state index in [9.17, 15) is 13.2 Å². The molecule has 1 aromatic heterocycles. The van der Waals surface area contributed by atoms with Crippen molar-refractivity contribution in [2.45, 2.75) is 42.5 Å². The van der Waals surface area contributed by atoms with E-state index in [4.69, 9.17) is 14.8 Å². The Morgan fingerprint density at radius 3 is 2.28 bits per heavy atom. The Balaban J connectivity index is 1.37. The normalized spacial score (nSPS) is 15.5. The summed E-state index contributed by atoms with van der Waals surface area (Å²) in [6, 6.07) is 26.4. The van der Waals surface area contributed by atoms with Gasteiger partial charge in [0.25, 0.3) is 5.91 Å². The lowest BCUT2D eigenvalue weighted by atomic mass is 9.92. The van der Waals surface area contributed by atoms with Crippen molar-refractivity contribution in [3.8, 4) is 11.4 Å². The summed E-state index contributed by atoms with van der Waals surface area (Å²) in [5, 5.41) is 7.85. The fraction of sp³-hybridized carbons (Fsp3) is 0.171. The van der Waals surface area contributed by atoms with Crippen LogP contribution in [-0.4, -0.2) is 37.1 Å². The second kappa shape index (κ2) is 11.3. The first kappa shape index (κ1) is 29.9. The molecular formula is C35H30BrN5O4S. The van der Waals surface area contributed by atoms with Gasteiger partial charge in [-0.2, -0.15) is 5.10 Å².